The highest BCUT2D eigenvalue weighted by molar-refractivity contribution is 5.88. The van der Waals surface area contributed by atoms with Crippen LogP contribution < -0.4 is 15.8 Å². The fourth-order valence-electron chi connectivity index (χ4n) is 2.28. The van der Waals surface area contributed by atoms with Crippen LogP contribution in [0.4, 0.5) is 10.5 Å². The molecule has 174 valence electrons. The number of carbonyl (C=O) groups is 2. The maximum absolute atomic E-state index is 11.6. The van der Waals surface area contributed by atoms with E-state index < -0.39 is 29.3 Å². The van der Waals surface area contributed by atoms with E-state index in [-0.39, 0.29) is 12.3 Å². The minimum absolute atomic E-state index is 0.164. The van der Waals surface area contributed by atoms with Crippen molar-refractivity contribution in [1.29, 1.82) is 0 Å². The van der Waals surface area contributed by atoms with Gasteiger partial charge in [-0.05, 0) is 72.2 Å². The highest BCUT2D eigenvalue weighted by Crippen LogP contribution is 2.21. The highest BCUT2D eigenvalue weighted by atomic mass is 16.6. The minimum atomic E-state index is -1.03. The molecule has 0 heterocycles. The van der Waals surface area contributed by atoms with Gasteiger partial charge in [0.25, 0.3) is 0 Å². The summed E-state index contributed by atoms with van der Waals surface area (Å²) in [5, 5.41) is 11.7. The van der Waals surface area contributed by atoms with Crippen LogP contribution in [0.3, 0.4) is 0 Å². The molecule has 0 fully saturated rings. The Balaban J connectivity index is 2.60. The van der Waals surface area contributed by atoms with E-state index >= 15 is 0 Å². The lowest BCUT2D eigenvalue weighted by atomic mass is 10.1. The second kappa shape index (κ2) is 11.5. The molecule has 4 N–H and O–H groups in total. The summed E-state index contributed by atoms with van der Waals surface area (Å²) in [6.45, 7) is 11.8. The fraction of sp³-hybridized carbons (Fsp3) is 0.591. The van der Waals surface area contributed by atoms with Crippen LogP contribution in [-0.2, 0) is 14.3 Å². The number of aliphatic imine (C=N–C) groups is 1. The molecule has 0 aliphatic rings. The highest BCUT2D eigenvalue weighted by Gasteiger charge is 2.22. The van der Waals surface area contributed by atoms with Crippen molar-refractivity contribution in [3.8, 4) is 5.75 Å². The summed E-state index contributed by atoms with van der Waals surface area (Å²) in [5.41, 5.74) is 5.43. The lowest BCUT2D eigenvalue weighted by Crippen LogP contribution is -2.39. The van der Waals surface area contributed by atoms with Gasteiger partial charge in [0.1, 0.15) is 17.0 Å². The molecule has 0 bridgehead atoms. The van der Waals surface area contributed by atoms with Gasteiger partial charge in [0, 0.05) is 6.54 Å². The number of hydrogen-bond donors (Lipinski definition) is 3. The van der Waals surface area contributed by atoms with Gasteiger partial charge in [0.05, 0.1) is 24.8 Å². The molecule has 0 spiro atoms. The van der Waals surface area contributed by atoms with Crippen LogP contribution in [0, 0.1) is 0 Å². The Kier molecular flexibility index (Phi) is 9.77. The first-order chi connectivity index (χ1) is 14.2. The van der Waals surface area contributed by atoms with Gasteiger partial charge in [-0.1, -0.05) is 0 Å². The van der Waals surface area contributed by atoms with Crippen LogP contribution in [0.25, 0.3) is 0 Å². The van der Waals surface area contributed by atoms with Gasteiger partial charge in [-0.25, -0.2) is 9.79 Å². The molecular weight excluding hydrogens is 402 g/mol. The number of ether oxygens (including phenoxy) is 3. The lowest BCUT2D eigenvalue weighted by molar-refractivity contribution is -0.137. The zero-order valence-corrected chi connectivity index (χ0v) is 19.2. The van der Waals surface area contributed by atoms with Gasteiger partial charge in [-0.15, -0.1) is 0 Å². The number of aliphatic carboxylic acids is 1. The number of nitrogens with two attached hydrogens (primary N) is 1. The van der Waals surface area contributed by atoms with E-state index in [1.165, 1.54) is 0 Å². The molecule has 0 saturated heterocycles. The molecular formula is C22H35N3O6. The van der Waals surface area contributed by atoms with Gasteiger partial charge in [-0.3, -0.25) is 4.79 Å². The van der Waals surface area contributed by atoms with Crippen LogP contribution in [0.15, 0.2) is 29.3 Å². The Hall–Kier alpha value is -2.81. The first kappa shape index (κ1) is 26.2. The zero-order valence-electron chi connectivity index (χ0n) is 19.2. The van der Waals surface area contributed by atoms with Gasteiger partial charge in [0.2, 0.25) is 5.90 Å². The molecule has 9 heteroatoms. The van der Waals surface area contributed by atoms with E-state index in [1.54, 1.807) is 45.0 Å². The third-order valence-electron chi connectivity index (χ3n) is 3.46. The van der Waals surface area contributed by atoms with Gasteiger partial charge in [0.15, 0.2) is 0 Å². The van der Waals surface area contributed by atoms with Crippen molar-refractivity contribution < 1.29 is 28.9 Å². The van der Waals surface area contributed by atoms with Crippen molar-refractivity contribution in [1.82, 2.24) is 5.32 Å². The second-order valence-corrected chi connectivity index (χ2v) is 8.99. The van der Waals surface area contributed by atoms with E-state index in [0.717, 1.165) is 0 Å². The number of amides is 1. The van der Waals surface area contributed by atoms with Crippen molar-refractivity contribution in [3.05, 3.63) is 24.3 Å². The summed E-state index contributed by atoms with van der Waals surface area (Å²) in [6.07, 6.45) is -0.121. The molecule has 1 rings (SSSR count). The van der Waals surface area contributed by atoms with E-state index in [0.29, 0.717) is 31.0 Å². The molecule has 0 unspecified atom stereocenters. The van der Waals surface area contributed by atoms with Crippen LogP contribution in [0.1, 0.15) is 54.4 Å². The molecule has 9 nitrogen and oxygen atoms in total. The number of carboxylic acids is 1. The molecule has 0 radical (unpaired) electrons. The lowest BCUT2D eigenvalue weighted by Gasteiger charge is -2.25. The largest absolute Gasteiger partial charge is 0.494 e. The van der Waals surface area contributed by atoms with Crippen molar-refractivity contribution in [2.45, 2.75) is 71.6 Å². The number of alkyl carbamates (subject to hydrolysis) is 1. The smallest absolute Gasteiger partial charge is 0.407 e. The van der Waals surface area contributed by atoms with Crippen LogP contribution in [0.2, 0.25) is 0 Å². The quantitative estimate of drug-likeness (QED) is 0.305. The van der Waals surface area contributed by atoms with Crippen molar-refractivity contribution >= 4 is 23.6 Å². The van der Waals surface area contributed by atoms with Gasteiger partial charge < -0.3 is 30.4 Å². The summed E-state index contributed by atoms with van der Waals surface area (Å²) in [4.78, 5) is 26.9. The van der Waals surface area contributed by atoms with Crippen molar-refractivity contribution in [3.63, 3.8) is 0 Å². The zero-order chi connectivity index (χ0) is 23.7. The van der Waals surface area contributed by atoms with E-state index in [4.69, 9.17) is 25.1 Å². The number of carbonyl (C=O) groups excluding carboxylic acids is 1. The summed E-state index contributed by atoms with van der Waals surface area (Å²) in [6, 6.07) is 6.10. The SMILES string of the molecule is CC(C)(C)OC(=O)NCCCOc1ccc(N=C(OC(C)(C)C)[C@@H](N)CC(=O)O)cc1. The molecule has 1 atom stereocenters. The topological polar surface area (TPSA) is 132 Å². The summed E-state index contributed by atoms with van der Waals surface area (Å²) >= 11 is 0. The number of carboxylic acid groups (broad SMARTS) is 1. The molecule has 0 aliphatic heterocycles. The Morgan fingerprint density at radius 3 is 2.16 bits per heavy atom. The Bertz CT molecular complexity index is 748. The van der Waals surface area contributed by atoms with E-state index in [1.807, 2.05) is 20.8 Å². The Morgan fingerprint density at radius 2 is 1.65 bits per heavy atom. The third-order valence-corrected chi connectivity index (χ3v) is 3.46. The van der Waals surface area contributed by atoms with Crippen molar-refractivity contribution in [2.24, 2.45) is 10.7 Å². The normalized spacial score (nSPS) is 13.3. The van der Waals surface area contributed by atoms with Gasteiger partial charge >= 0.3 is 12.1 Å². The predicted octanol–water partition coefficient (Wildman–Crippen LogP) is 3.63. The number of benzene rings is 1. The number of nitrogens with one attached hydrogen (secondary N) is 1. The summed E-state index contributed by atoms with van der Waals surface area (Å²) < 4.78 is 16.6. The van der Waals surface area contributed by atoms with E-state index in [2.05, 4.69) is 10.3 Å². The Morgan fingerprint density at radius 1 is 1.06 bits per heavy atom. The molecule has 1 aromatic rings. The number of nitrogens with zero attached hydrogens (tertiary/aromatic N) is 1. The molecule has 1 amide bonds. The standard InChI is InChI=1S/C22H35N3O6/c1-21(2,3)30-19(17(23)14-18(26)27)25-15-8-10-16(11-9-15)29-13-7-12-24-20(28)31-22(4,5)6/h8-11,17H,7,12-14,23H2,1-6H3,(H,24,28)(H,26,27)/t17-/m0/s1. The summed E-state index contributed by atoms with van der Waals surface area (Å²) in [7, 11) is 0. The molecule has 31 heavy (non-hydrogen) atoms. The molecule has 0 saturated carbocycles. The first-order valence-electron chi connectivity index (χ1n) is 10.2. The molecule has 0 aliphatic carbocycles. The third kappa shape index (κ3) is 12.5. The van der Waals surface area contributed by atoms with Crippen molar-refractivity contribution in [2.75, 3.05) is 13.2 Å². The van der Waals surface area contributed by atoms with E-state index in [9.17, 15) is 9.59 Å². The average Bonchev–Trinajstić information content (AvgIpc) is 2.59. The monoisotopic (exact) mass is 437 g/mol. The van der Waals surface area contributed by atoms with Gasteiger partial charge in [-0.2, -0.15) is 0 Å². The second-order valence-electron chi connectivity index (χ2n) is 8.99. The maximum atomic E-state index is 11.6. The number of rotatable bonds is 9. The fourth-order valence-corrected chi connectivity index (χ4v) is 2.28. The Labute approximate surface area is 184 Å². The average molecular weight is 438 g/mol. The number of hydrogen-bond acceptors (Lipinski definition) is 7. The summed E-state index contributed by atoms with van der Waals surface area (Å²) in [5.74, 6) is -0.219. The van der Waals surface area contributed by atoms with Crippen LogP contribution in [-0.4, -0.2) is 53.5 Å². The minimum Gasteiger partial charge on any atom is -0.494 e. The predicted molar refractivity (Wildman–Crippen MR) is 119 cm³/mol. The van der Waals surface area contributed by atoms with Crippen LogP contribution >= 0.6 is 0 Å². The maximum Gasteiger partial charge on any atom is 0.407 e. The first-order valence-corrected chi connectivity index (χ1v) is 10.2. The molecule has 0 aromatic heterocycles. The molecule has 1 aromatic carbocycles. The van der Waals surface area contributed by atoms with Crippen LogP contribution in [0.5, 0.6) is 5.75 Å².